The third-order valence-electron chi connectivity index (χ3n) is 3.68. The Morgan fingerprint density at radius 1 is 1.39 bits per heavy atom. The summed E-state index contributed by atoms with van der Waals surface area (Å²) in [4.78, 5) is 8.85. The SMILES string of the molecule is Cc1c(Nc2nccc(C3CCC3)n2)cnn1C. The number of nitrogens with one attached hydrogen (secondary N) is 1. The molecule has 0 amide bonds. The molecule has 18 heavy (non-hydrogen) atoms. The Bertz CT molecular complexity index is 556. The first-order valence-corrected chi connectivity index (χ1v) is 6.32. The predicted molar refractivity (Wildman–Crippen MR) is 69.9 cm³/mol. The van der Waals surface area contributed by atoms with Gasteiger partial charge in [0.15, 0.2) is 0 Å². The van der Waals surface area contributed by atoms with Crippen molar-refractivity contribution in [2.75, 3.05) is 5.32 Å². The Hall–Kier alpha value is -1.91. The largest absolute Gasteiger partial charge is 0.321 e. The molecule has 5 heteroatoms. The van der Waals surface area contributed by atoms with Crippen molar-refractivity contribution in [2.45, 2.75) is 32.1 Å². The number of hydrogen-bond acceptors (Lipinski definition) is 4. The molecule has 1 N–H and O–H groups in total. The number of aromatic nitrogens is 4. The standard InChI is InChI=1S/C13H17N5/c1-9-12(8-15-18(9)2)17-13-14-7-6-11(16-13)10-4-3-5-10/h6-8,10H,3-5H2,1-2H3,(H,14,16,17). The molecule has 2 aromatic heterocycles. The predicted octanol–water partition coefficient (Wildman–Crippen LogP) is 2.53. The lowest BCUT2D eigenvalue weighted by molar-refractivity contribution is 0.411. The first-order valence-electron chi connectivity index (χ1n) is 6.32. The van der Waals surface area contributed by atoms with Crippen LogP contribution in [0.25, 0.3) is 0 Å². The summed E-state index contributed by atoms with van der Waals surface area (Å²) in [6.45, 7) is 2.02. The van der Waals surface area contributed by atoms with Crippen LogP contribution < -0.4 is 5.32 Å². The molecule has 5 nitrogen and oxygen atoms in total. The van der Waals surface area contributed by atoms with Crippen molar-refractivity contribution in [2.24, 2.45) is 7.05 Å². The molecule has 0 aliphatic heterocycles. The van der Waals surface area contributed by atoms with Crippen molar-refractivity contribution < 1.29 is 0 Å². The Morgan fingerprint density at radius 2 is 2.22 bits per heavy atom. The molecule has 0 aromatic carbocycles. The number of anilines is 2. The van der Waals surface area contributed by atoms with Gasteiger partial charge in [-0.15, -0.1) is 0 Å². The third-order valence-corrected chi connectivity index (χ3v) is 3.68. The van der Waals surface area contributed by atoms with Crippen LogP contribution in [0.3, 0.4) is 0 Å². The zero-order chi connectivity index (χ0) is 12.5. The number of nitrogens with zero attached hydrogens (tertiary/aromatic N) is 4. The van der Waals surface area contributed by atoms with E-state index in [1.165, 1.54) is 19.3 Å². The molecule has 94 valence electrons. The second-order valence-electron chi connectivity index (χ2n) is 4.83. The van der Waals surface area contributed by atoms with E-state index in [4.69, 9.17) is 0 Å². The molecule has 1 aliphatic rings. The average Bonchev–Trinajstić information content (AvgIpc) is 2.59. The zero-order valence-electron chi connectivity index (χ0n) is 10.7. The molecule has 0 spiro atoms. The van der Waals surface area contributed by atoms with Crippen LogP contribution in [-0.4, -0.2) is 19.7 Å². The van der Waals surface area contributed by atoms with Gasteiger partial charge in [0.2, 0.25) is 5.95 Å². The number of rotatable bonds is 3. The Labute approximate surface area is 106 Å². The van der Waals surface area contributed by atoms with Gasteiger partial charge in [-0.3, -0.25) is 4.68 Å². The van der Waals surface area contributed by atoms with Crippen molar-refractivity contribution in [3.05, 3.63) is 29.8 Å². The molecule has 2 heterocycles. The second-order valence-corrected chi connectivity index (χ2v) is 4.83. The van der Waals surface area contributed by atoms with Crippen LogP contribution in [0.2, 0.25) is 0 Å². The minimum Gasteiger partial charge on any atom is -0.321 e. The molecule has 0 atom stereocenters. The minimum atomic E-state index is 0.628. The van der Waals surface area contributed by atoms with Gasteiger partial charge in [-0.05, 0) is 25.8 Å². The van der Waals surface area contributed by atoms with Gasteiger partial charge in [-0.2, -0.15) is 5.10 Å². The molecule has 0 saturated heterocycles. The fourth-order valence-corrected chi connectivity index (χ4v) is 2.11. The summed E-state index contributed by atoms with van der Waals surface area (Å²) in [6.07, 6.45) is 7.45. The van der Waals surface area contributed by atoms with E-state index >= 15 is 0 Å². The summed E-state index contributed by atoms with van der Waals surface area (Å²) in [5, 5.41) is 7.43. The smallest absolute Gasteiger partial charge is 0.227 e. The topological polar surface area (TPSA) is 55.6 Å². The normalized spacial score (nSPS) is 15.4. The molecule has 1 aliphatic carbocycles. The minimum absolute atomic E-state index is 0.628. The highest BCUT2D eigenvalue weighted by atomic mass is 15.3. The number of aryl methyl sites for hydroxylation is 1. The summed E-state index contributed by atoms with van der Waals surface area (Å²) >= 11 is 0. The fraction of sp³-hybridized carbons (Fsp3) is 0.462. The van der Waals surface area contributed by atoms with Crippen LogP contribution in [0.15, 0.2) is 18.5 Å². The van der Waals surface area contributed by atoms with Crippen molar-refractivity contribution in [1.29, 1.82) is 0 Å². The molecule has 1 fully saturated rings. The molecule has 0 bridgehead atoms. The lowest BCUT2D eigenvalue weighted by Crippen LogP contribution is -2.11. The molecule has 0 unspecified atom stereocenters. The molecule has 1 saturated carbocycles. The number of hydrogen-bond donors (Lipinski definition) is 1. The maximum Gasteiger partial charge on any atom is 0.227 e. The molecular formula is C13H17N5. The van der Waals surface area contributed by atoms with E-state index in [1.54, 1.807) is 6.20 Å². The molecule has 3 rings (SSSR count). The van der Waals surface area contributed by atoms with Crippen LogP contribution in [0.1, 0.15) is 36.6 Å². The van der Waals surface area contributed by atoms with Gasteiger partial charge in [0, 0.05) is 24.9 Å². The van der Waals surface area contributed by atoms with Crippen LogP contribution in [-0.2, 0) is 7.05 Å². The Kier molecular flexibility index (Phi) is 2.74. The summed E-state index contributed by atoms with van der Waals surface area (Å²) in [7, 11) is 1.92. The average molecular weight is 243 g/mol. The lowest BCUT2D eigenvalue weighted by atomic mass is 9.83. The van der Waals surface area contributed by atoms with E-state index in [1.807, 2.05) is 30.9 Å². The van der Waals surface area contributed by atoms with Crippen LogP contribution in [0, 0.1) is 6.92 Å². The highest BCUT2D eigenvalue weighted by molar-refractivity contribution is 5.54. The van der Waals surface area contributed by atoms with Gasteiger partial charge in [0.1, 0.15) is 0 Å². The van der Waals surface area contributed by atoms with Gasteiger partial charge in [-0.25, -0.2) is 9.97 Å². The van der Waals surface area contributed by atoms with Crippen molar-refractivity contribution in [3.63, 3.8) is 0 Å². The summed E-state index contributed by atoms with van der Waals surface area (Å²) in [5.74, 6) is 1.29. The lowest BCUT2D eigenvalue weighted by Gasteiger charge is -2.24. The maximum atomic E-state index is 4.58. The van der Waals surface area contributed by atoms with E-state index in [0.717, 1.165) is 17.1 Å². The summed E-state index contributed by atoms with van der Waals surface area (Å²) < 4.78 is 1.83. The molecular weight excluding hydrogens is 226 g/mol. The van der Waals surface area contributed by atoms with Gasteiger partial charge in [0.25, 0.3) is 0 Å². The summed E-state index contributed by atoms with van der Waals surface area (Å²) in [5.41, 5.74) is 3.19. The van der Waals surface area contributed by atoms with Gasteiger partial charge < -0.3 is 5.32 Å². The van der Waals surface area contributed by atoms with Gasteiger partial charge >= 0.3 is 0 Å². The van der Waals surface area contributed by atoms with Crippen LogP contribution in [0.5, 0.6) is 0 Å². The monoisotopic (exact) mass is 243 g/mol. The first-order chi connectivity index (χ1) is 8.74. The Balaban J connectivity index is 1.82. The van der Waals surface area contributed by atoms with Crippen LogP contribution >= 0.6 is 0 Å². The Morgan fingerprint density at radius 3 is 2.83 bits per heavy atom. The van der Waals surface area contributed by atoms with Gasteiger partial charge in [0.05, 0.1) is 17.6 Å². The van der Waals surface area contributed by atoms with Crippen molar-refractivity contribution in [1.82, 2.24) is 19.7 Å². The quantitative estimate of drug-likeness (QED) is 0.900. The summed E-state index contributed by atoms with van der Waals surface area (Å²) in [6, 6.07) is 2.02. The van der Waals surface area contributed by atoms with Crippen molar-refractivity contribution >= 4 is 11.6 Å². The van der Waals surface area contributed by atoms with E-state index in [2.05, 4.69) is 20.4 Å². The zero-order valence-corrected chi connectivity index (χ0v) is 10.7. The fourth-order valence-electron chi connectivity index (χ4n) is 2.11. The first kappa shape index (κ1) is 11.2. The van der Waals surface area contributed by atoms with E-state index in [0.29, 0.717) is 11.9 Å². The molecule has 2 aromatic rings. The second kappa shape index (κ2) is 4.40. The highest BCUT2D eigenvalue weighted by Crippen LogP contribution is 2.35. The third kappa shape index (κ3) is 1.96. The van der Waals surface area contributed by atoms with Gasteiger partial charge in [-0.1, -0.05) is 6.42 Å². The van der Waals surface area contributed by atoms with Crippen LogP contribution in [0.4, 0.5) is 11.6 Å². The van der Waals surface area contributed by atoms with E-state index in [9.17, 15) is 0 Å². The van der Waals surface area contributed by atoms with E-state index in [-0.39, 0.29) is 0 Å². The highest BCUT2D eigenvalue weighted by Gasteiger charge is 2.21. The van der Waals surface area contributed by atoms with E-state index < -0.39 is 0 Å². The maximum absolute atomic E-state index is 4.58. The van der Waals surface area contributed by atoms with Crippen molar-refractivity contribution in [3.8, 4) is 0 Å². The molecule has 0 radical (unpaired) electrons.